The zero-order valence-electron chi connectivity index (χ0n) is 15.8. The maximum atomic E-state index is 5.58. The Morgan fingerprint density at radius 2 is 1.64 bits per heavy atom. The number of hydrogen-bond acceptors (Lipinski definition) is 4. The molecule has 25 heavy (non-hydrogen) atoms. The van der Waals surface area contributed by atoms with Crippen LogP contribution in [0, 0.1) is 13.8 Å². The number of aryl methyl sites for hydroxylation is 2. The van der Waals surface area contributed by atoms with Gasteiger partial charge in [-0.1, -0.05) is 18.2 Å². The monoisotopic (exact) mass is 361 g/mol. The highest BCUT2D eigenvalue weighted by atomic mass is 32.1. The van der Waals surface area contributed by atoms with Crippen LogP contribution in [0.2, 0.25) is 0 Å². The van der Waals surface area contributed by atoms with Gasteiger partial charge in [0.05, 0.1) is 19.0 Å². The summed E-state index contributed by atoms with van der Waals surface area (Å²) in [5.74, 6) is 0. The summed E-state index contributed by atoms with van der Waals surface area (Å²) in [4.78, 5) is 9.71. The van der Waals surface area contributed by atoms with E-state index in [9.17, 15) is 0 Å². The average molecular weight is 362 g/mol. The molecule has 0 saturated carbocycles. The fraction of sp³-hybridized carbons (Fsp3) is 0.632. The Hall–Kier alpha value is -1.21. The first kappa shape index (κ1) is 18.6. The van der Waals surface area contributed by atoms with E-state index >= 15 is 0 Å². The number of hydrogen-bond donors (Lipinski definition) is 1. The van der Waals surface area contributed by atoms with Crippen molar-refractivity contribution in [3.63, 3.8) is 0 Å². The van der Waals surface area contributed by atoms with Gasteiger partial charge in [0.2, 0.25) is 0 Å². The summed E-state index contributed by atoms with van der Waals surface area (Å²) in [6.07, 6.45) is 1.21. The molecule has 3 rings (SSSR count). The van der Waals surface area contributed by atoms with Crippen LogP contribution in [0.15, 0.2) is 18.2 Å². The zero-order chi connectivity index (χ0) is 17.8. The Morgan fingerprint density at radius 1 is 1.00 bits per heavy atom. The van der Waals surface area contributed by atoms with E-state index in [1.54, 1.807) is 0 Å². The molecule has 0 radical (unpaired) electrons. The molecule has 2 saturated heterocycles. The molecule has 0 spiro atoms. The Morgan fingerprint density at radius 3 is 2.32 bits per heavy atom. The number of thiocarbonyl (C=S) groups is 1. The summed E-state index contributed by atoms with van der Waals surface area (Å²) in [7, 11) is 2.21. The maximum Gasteiger partial charge on any atom is 0.175 e. The third kappa shape index (κ3) is 4.70. The predicted molar refractivity (Wildman–Crippen MR) is 109 cm³/mol. The topological polar surface area (TPSA) is 25.0 Å². The molecule has 5 nitrogen and oxygen atoms in total. The molecule has 0 aromatic heterocycles. The lowest BCUT2D eigenvalue weighted by atomic mass is 10.1. The van der Waals surface area contributed by atoms with Crippen molar-refractivity contribution in [2.24, 2.45) is 0 Å². The maximum absolute atomic E-state index is 5.58. The fourth-order valence-corrected chi connectivity index (χ4v) is 3.95. The molecule has 0 atom stereocenters. The van der Waals surface area contributed by atoms with Gasteiger partial charge in [0.1, 0.15) is 0 Å². The van der Waals surface area contributed by atoms with Crippen molar-refractivity contribution in [2.75, 3.05) is 64.6 Å². The normalized spacial score (nSPS) is 20.8. The second-order valence-corrected chi connectivity index (χ2v) is 7.73. The van der Waals surface area contributed by atoms with Crippen LogP contribution >= 0.6 is 12.2 Å². The quantitative estimate of drug-likeness (QED) is 0.804. The first-order valence-electron chi connectivity index (χ1n) is 9.29. The molecule has 0 bridgehead atoms. The van der Waals surface area contributed by atoms with E-state index in [4.69, 9.17) is 12.2 Å². The summed E-state index contributed by atoms with van der Waals surface area (Å²) in [6.45, 7) is 13.1. The highest BCUT2D eigenvalue weighted by Crippen LogP contribution is 2.26. The van der Waals surface area contributed by atoms with Crippen LogP contribution < -0.4 is 10.2 Å². The second kappa shape index (κ2) is 8.45. The van der Waals surface area contributed by atoms with Gasteiger partial charge in [-0.3, -0.25) is 4.90 Å². The molecule has 2 aliphatic rings. The fourth-order valence-electron chi connectivity index (χ4n) is 3.73. The van der Waals surface area contributed by atoms with Gasteiger partial charge in [-0.05, 0) is 57.2 Å². The van der Waals surface area contributed by atoms with Gasteiger partial charge < -0.3 is 20.0 Å². The van der Waals surface area contributed by atoms with Crippen molar-refractivity contribution in [1.82, 2.24) is 20.0 Å². The molecule has 138 valence electrons. The number of anilines is 1. The van der Waals surface area contributed by atoms with Gasteiger partial charge >= 0.3 is 0 Å². The number of piperazine rings is 1. The number of likely N-dealkylation sites (N-methyl/N-ethyl adjacent to an activating group) is 1. The largest absolute Gasteiger partial charge is 0.349 e. The minimum absolute atomic E-state index is 0.840. The van der Waals surface area contributed by atoms with Crippen LogP contribution in [-0.2, 0) is 0 Å². The molecular formula is C19H31N5S. The van der Waals surface area contributed by atoms with Crippen molar-refractivity contribution in [3.05, 3.63) is 29.3 Å². The highest BCUT2D eigenvalue weighted by Gasteiger charge is 2.24. The molecule has 2 aliphatic heterocycles. The average Bonchev–Trinajstić information content (AvgIpc) is 2.59. The molecule has 0 amide bonds. The second-order valence-electron chi connectivity index (χ2n) is 7.34. The zero-order valence-corrected chi connectivity index (χ0v) is 16.6. The minimum Gasteiger partial charge on any atom is -0.349 e. The Bertz CT molecular complexity index is 577. The molecule has 0 aliphatic carbocycles. The molecule has 0 unspecified atom stereocenters. The molecule has 1 aromatic carbocycles. The molecular weight excluding hydrogens is 330 g/mol. The number of nitrogens with zero attached hydrogens (tertiary/aromatic N) is 4. The van der Waals surface area contributed by atoms with E-state index in [0.717, 1.165) is 25.0 Å². The van der Waals surface area contributed by atoms with Crippen molar-refractivity contribution in [1.29, 1.82) is 0 Å². The third-order valence-electron chi connectivity index (χ3n) is 5.29. The van der Waals surface area contributed by atoms with Gasteiger partial charge in [0.25, 0.3) is 0 Å². The van der Waals surface area contributed by atoms with Crippen molar-refractivity contribution >= 4 is 23.0 Å². The van der Waals surface area contributed by atoms with Crippen LogP contribution in [0.4, 0.5) is 5.69 Å². The van der Waals surface area contributed by atoms with E-state index < -0.39 is 0 Å². The van der Waals surface area contributed by atoms with Crippen molar-refractivity contribution in [2.45, 2.75) is 20.3 Å². The summed E-state index contributed by atoms with van der Waals surface area (Å²) in [6, 6.07) is 6.44. The number of rotatable bonds is 5. The third-order valence-corrected chi connectivity index (χ3v) is 5.66. The molecule has 1 aromatic rings. The SMILES string of the molecule is Cc1cccc(C)c1N1CN(CCCN2CCN(C)CC2)CNC1=S. The lowest BCUT2D eigenvalue weighted by molar-refractivity contribution is 0.145. The number of benzene rings is 1. The molecule has 2 heterocycles. The van der Waals surface area contributed by atoms with Crippen LogP contribution in [0.1, 0.15) is 17.5 Å². The van der Waals surface area contributed by atoms with Crippen molar-refractivity contribution in [3.8, 4) is 0 Å². The van der Waals surface area contributed by atoms with E-state index in [0.29, 0.717) is 0 Å². The predicted octanol–water partition coefficient (Wildman–Crippen LogP) is 1.85. The Labute approximate surface area is 157 Å². The minimum atomic E-state index is 0.840. The van der Waals surface area contributed by atoms with E-state index in [-0.39, 0.29) is 0 Å². The summed E-state index contributed by atoms with van der Waals surface area (Å²) >= 11 is 5.58. The lowest BCUT2D eigenvalue weighted by Gasteiger charge is -2.39. The number of para-hydroxylation sites is 1. The molecule has 1 N–H and O–H groups in total. The Kier molecular flexibility index (Phi) is 6.28. The highest BCUT2D eigenvalue weighted by molar-refractivity contribution is 7.80. The standard InChI is InChI=1S/C19H31N5S/c1-16-6-4-7-17(2)18(16)24-15-23(14-20-19(24)25)9-5-8-22-12-10-21(3)11-13-22/h4,6-7H,5,8-15H2,1-3H3,(H,20,25). The Balaban J connectivity index is 1.53. The van der Waals surface area contributed by atoms with Crippen LogP contribution in [0.3, 0.4) is 0 Å². The smallest absolute Gasteiger partial charge is 0.175 e. The van der Waals surface area contributed by atoms with E-state index in [2.05, 4.69) is 64.0 Å². The van der Waals surface area contributed by atoms with Crippen LogP contribution in [-0.4, -0.2) is 79.5 Å². The summed E-state index contributed by atoms with van der Waals surface area (Å²) in [5, 5.41) is 4.23. The summed E-state index contributed by atoms with van der Waals surface area (Å²) in [5.41, 5.74) is 3.82. The first-order chi connectivity index (χ1) is 12.0. The van der Waals surface area contributed by atoms with E-state index in [1.807, 2.05) is 0 Å². The van der Waals surface area contributed by atoms with Crippen LogP contribution in [0.25, 0.3) is 0 Å². The van der Waals surface area contributed by atoms with Gasteiger partial charge in [-0.15, -0.1) is 0 Å². The molecule has 2 fully saturated rings. The van der Waals surface area contributed by atoms with Gasteiger partial charge in [0, 0.05) is 32.7 Å². The number of nitrogens with one attached hydrogen (secondary N) is 1. The lowest BCUT2D eigenvalue weighted by Crippen LogP contribution is -2.57. The van der Waals surface area contributed by atoms with Crippen molar-refractivity contribution < 1.29 is 0 Å². The molecule has 6 heteroatoms. The van der Waals surface area contributed by atoms with Gasteiger partial charge in [-0.2, -0.15) is 0 Å². The summed E-state index contributed by atoms with van der Waals surface area (Å²) < 4.78 is 0. The van der Waals surface area contributed by atoms with Gasteiger partial charge in [0.15, 0.2) is 5.11 Å². The van der Waals surface area contributed by atoms with Crippen LogP contribution in [0.5, 0.6) is 0 Å². The first-order valence-corrected chi connectivity index (χ1v) is 9.70. The van der Waals surface area contributed by atoms with Gasteiger partial charge in [-0.25, -0.2) is 0 Å². The van der Waals surface area contributed by atoms with E-state index in [1.165, 1.54) is 56.0 Å².